The van der Waals surface area contributed by atoms with Crippen LogP contribution in [0.15, 0.2) is 21.1 Å². The van der Waals surface area contributed by atoms with E-state index in [1.165, 1.54) is 25.7 Å². The molecule has 78 valence electrons. The molecule has 0 heterocycles. The minimum Gasteiger partial charge on any atom is -1.00 e. The van der Waals surface area contributed by atoms with E-state index in [0.717, 1.165) is 5.92 Å². The van der Waals surface area contributed by atoms with Gasteiger partial charge in [0.2, 0.25) is 0 Å². The number of hydrogen-bond donors (Lipinski definition) is 0. The Labute approximate surface area is 117 Å². The molecule has 0 amide bonds. The van der Waals surface area contributed by atoms with Crippen LogP contribution < -0.4 is 37.2 Å². The van der Waals surface area contributed by atoms with Crippen molar-refractivity contribution in [1.82, 2.24) is 0 Å². The summed E-state index contributed by atoms with van der Waals surface area (Å²) >= 11 is 2.27. The number of allylic oxidation sites excluding steroid dienone is 4. The third kappa shape index (κ3) is 3.28. The van der Waals surface area contributed by atoms with Crippen LogP contribution >= 0.6 is 0 Å². The zero-order chi connectivity index (χ0) is 7.84. The molecule has 0 bridgehead atoms. The van der Waals surface area contributed by atoms with E-state index in [2.05, 4.69) is 33.4 Å². The Bertz CT molecular complexity index is 246. The van der Waals surface area contributed by atoms with E-state index in [1.807, 2.05) is 0 Å². The van der Waals surface area contributed by atoms with Gasteiger partial charge in [0.15, 0.2) is 0 Å². The van der Waals surface area contributed by atoms with Crippen LogP contribution in [-0.2, 0) is 20.4 Å². The van der Waals surface area contributed by atoms with Gasteiger partial charge in [-0.3, -0.25) is 0 Å². The first-order valence-corrected chi connectivity index (χ1v) is 5.22. The van der Waals surface area contributed by atoms with E-state index in [4.69, 9.17) is 0 Å². The van der Waals surface area contributed by atoms with Gasteiger partial charge in [-0.2, -0.15) is 0 Å². The van der Waals surface area contributed by atoms with Crippen molar-refractivity contribution in [1.29, 1.82) is 0 Å². The fourth-order valence-corrected chi connectivity index (χ4v) is 2.66. The first-order chi connectivity index (χ1) is 5.29. The van der Waals surface area contributed by atoms with Crippen molar-refractivity contribution in [2.75, 3.05) is 0 Å². The zero-order valence-electron chi connectivity index (χ0n) is 8.12. The summed E-state index contributed by atoms with van der Waals surface area (Å²) in [4.78, 5) is 0. The van der Waals surface area contributed by atoms with Crippen LogP contribution in [0, 0.1) is 5.92 Å². The second-order valence-corrected chi connectivity index (χ2v) is 4.48. The van der Waals surface area contributed by atoms with Crippen LogP contribution in [0.25, 0.3) is 0 Å². The smallest absolute Gasteiger partial charge is 1.00 e. The third-order valence-corrected chi connectivity index (χ3v) is 3.78. The van der Waals surface area contributed by atoms with Crippen molar-refractivity contribution >= 4 is 0 Å². The van der Waals surface area contributed by atoms with E-state index in [0.29, 0.717) is 0 Å². The molecule has 0 aromatic rings. The monoisotopic (exact) mass is 286 g/mol. The molecule has 0 nitrogen and oxygen atoms in total. The molecule has 0 aliphatic heterocycles. The number of halogens is 3. The van der Waals surface area contributed by atoms with E-state index < -0.39 is 0 Å². The molecule has 0 fully saturated rings. The van der Waals surface area contributed by atoms with Gasteiger partial charge in [-0.05, 0) is 0 Å². The molecule has 4 heteroatoms. The first-order valence-electron chi connectivity index (χ1n) is 4.44. The van der Waals surface area contributed by atoms with Gasteiger partial charge in [0, 0.05) is 0 Å². The van der Waals surface area contributed by atoms with Crippen LogP contribution in [0.4, 0.5) is 0 Å². The molecule has 2 rings (SSSR count). The van der Waals surface area contributed by atoms with Gasteiger partial charge in [-0.25, -0.2) is 0 Å². The average Bonchev–Trinajstić information content (AvgIpc) is 2.30. The molecule has 0 saturated heterocycles. The largest absolute Gasteiger partial charge is 1.00 e. The molecular weight excluding hydrogens is 274 g/mol. The Hall–Kier alpha value is 1.06. The van der Waals surface area contributed by atoms with Crippen LogP contribution in [0.5, 0.6) is 0 Å². The van der Waals surface area contributed by atoms with Crippen LogP contribution in [0.1, 0.15) is 32.6 Å². The maximum absolute atomic E-state index is 2.42. The molecule has 2 aliphatic rings. The average molecular weight is 287 g/mol. The van der Waals surface area contributed by atoms with Crippen molar-refractivity contribution in [3.8, 4) is 0 Å². The summed E-state index contributed by atoms with van der Waals surface area (Å²) in [6, 6.07) is 0. The van der Waals surface area contributed by atoms with Gasteiger partial charge >= 0.3 is 80.1 Å². The fourth-order valence-electron chi connectivity index (χ4n) is 2.11. The maximum Gasteiger partial charge on any atom is -1.00 e. The molecule has 0 N–H and O–H groups in total. The van der Waals surface area contributed by atoms with Gasteiger partial charge in [0.1, 0.15) is 0 Å². The Kier molecular flexibility index (Phi) is 9.17. The molecule has 2 aliphatic carbocycles. The Morgan fingerprint density at radius 1 is 1.14 bits per heavy atom. The van der Waals surface area contributed by atoms with Gasteiger partial charge in [-0.15, -0.1) is 0 Å². The van der Waals surface area contributed by atoms with Crippen molar-refractivity contribution in [3.05, 3.63) is 21.1 Å². The van der Waals surface area contributed by atoms with E-state index in [-0.39, 0.29) is 37.2 Å². The Morgan fingerprint density at radius 2 is 1.71 bits per heavy atom. The fraction of sp³-hybridized carbons (Fsp3) is 0.600. The SMILES string of the molecule is CC1[C]([Ti+3])=CC2=C1CCCC2.[Cl-].[Cl-].[Cl-]. The standard InChI is InChI=1S/C10H13.3ClH.Ti/c1-8-6-7-9-4-2-3-5-10(8)9;;;;/h7-8H,2-5H2,1H3;3*1H;/q;;;;+3/p-3. The summed E-state index contributed by atoms with van der Waals surface area (Å²) in [5.41, 5.74) is 3.41. The molecule has 0 aromatic carbocycles. The molecule has 14 heavy (non-hydrogen) atoms. The predicted molar refractivity (Wildman–Crippen MR) is 42.7 cm³/mol. The van der Waals surface area contributed by atoms with Gasteiger partial charge in [0.25, 0.3) is 0 Å². The molecular formula is C10H13Cl3Ti. The quantitative estimate of drug-likeness (QED) is 0.389. The summed E-state index contributed by atoms with van der Waals surface area (Å²) in [6.07, 6.45) is 7.96. The van der Waals surface area contributed by atoms with E-state index >= 15 is 0 Å². The predicted octanol–water partition coefficient (Wildman–Crippen LogP) is -6.05. The summed E-state index contributed by atoms with van der Waals surface area (Å²) in [5, 5.41) is 0. The van der Waals surface area contributed by atoms with Crippen molar-refractivity contribution in [2.24, 2.45) is 5.92 Å². The molecule has 0 aromatic heterocycles. The Morgan fingerprint density at radius 3 is 2.29 bits per heavy atom. The van der Waals surface area contributed by atoms with Gasteiger partial charge in [-0.1, -0.05) is 0 Å². The Balaban J connectivity index is 0. The topological polar surface area (TPSA) is 0 Å². The zero-order valence-corrected chi connectivity index (χ0v) is 11.9. The first kappa shape index (κ1) is 17.5. The van der Waals surface area contributed by atoms with E-state index in [1.54, 1.807) is 15.0 Å². The minimum absolute atomic E-state index is 0. The van der Waals surface area contributed by atoms with Crippen LogP contribution in [0.2, 0.25) is 0 Å². The van der Waals surface area contributed by atoms with Gasteiger partial charge in [0.05, 0.1) is 0 Å². The number of rotatable bonds is 0. The molecule has 0 spiro atoms. The van der Waals surface area contributed by atoms with E-state index in [9.17, 15) is 0 Å². The molecule has 1 unspecified atom stereocenters. The van der Waals surface area contributed by atoms with Crippen LogP contribution in [-0.4, -0.2) is 0 Å². The maximum atomic E-state index is 2.42. The van der Waals surface area contributed by atoms with Crippen molar-refractivity contribution in [2.45, 2.75) is 32.6 Å². The van der Waals surface area contributed by atoms with Crippen molar-refractivity contribution in [3.63, 3.8) is 0 Å². The molecule has 0 saturated carbocycles. The van der Waals surface area contributed by atoms with Crippen LogP contribution in [0.3, 0.4) is 0 Å². The number of hydrogen-bond acceptors (Lipinski definition) is 0. The minimum atomic E-state index is 0. The summed E-state index contributed by atoms with van der Waals surface area (Å²) in [7, 11) is 0. The second kappa shape index (κ2) is 7.36. The summed E-state index contributed by atoms with van der Waals surface area (Å²) in [5.74, 6) is 0.769. The molecule has 0 radical (unpaired) electrons. The van der Waals surface area contributed by atoms with Crippen molar-refractivity contribution < 1.29 is 57.7 Å². The third-order valence-electron chi connectivity index (χ3n) is 2.87. The summed E-state index contributed by atoms with van der Waals surface area (Å²) in [6.45, 7) is 2.35. The normalized spacial score (nSPS) is 23.9. The van der Waals surface area contributed by atoms with Gasteiger partial charge < -0.3 is 37.2 Å². The molecule has 1 atom stereocenters. The summed E-state index contributed by atoms with van der Waals surface area (Å²) < 4.78 is 1.58. The second-order valence-electron chi connectivity index (χ2n) is 3.58.